The summed E-state index contributed by atoms with van der Waals surface area (Å²) in [6, 6.07) is 2.20. The van der Waals surface area contributed by atoms with Gasteiger partial charge in [0.15, 0.2) is 0 Å². The van der Waals surface area contributed by atoms with Crippen LogP contribution in [0, 0.1) is 0 Å². The normalized spacial score (nSPS) is 16.4. The van der Waals surface area contributed by atoms with Gasteiger partial charge in [-0.2, -0.15) is 11.3 Å². The first-order valence-corrected chi connectivity index (χ1v) is 8.94. The number of piperidine rings is 1. The van der Waals surface area contributed by atoms with E-state index in [0.717, 1.165) is 43.9 Å². The average Bonchev–Trinajstić information content (AvgIpc) is 3.07. The molecular weight excluding hydrogens is 308 g/mol. The Labute approximate surface area is 140 Å². The van der Waals surface area contributed by atoms with Gasteiger partial charge in [-0.1, -0.05) is 0 Å². The van der Waals surface area contributed by atoms with Crippen molar-refractivity contribution in [1.29, 1.82) is 0 Å². The second kappa shape index (κ2) is 7.66. The molecular formula is C17H22N4OS. The molecule has 0 atom stereocenters. The number of nitrogens with one attached hydrogen (secondary N) is 1. The first-order valence-electron chi connectivity index (χ1n) is 8.00. The first-order chi connectivity index (χ1) is 11.2. The van der Waals surface area contributed by atoms with Gasteiger partial charge in [0, 0.05) is 31.8 Å². The standard InChI is InChI=1S/C17H22N4OS/c1-13(22)20-10-16-17(19-6-5-18-16)15-2-7-21(8-3-15)11-14-4-9-23-12-14/h4-6,9,12,15H,2-3,7-8,10-11H2,1H3,(H,20,22). The molecule has 1 N–H and O–H groups in total. The number of carbonyl (C=O) groups excluding carboxylic acids is 1. The molecule has 6 heteroatoms. The molecule has 3 heterocycles. The average molecular weight is 330 g/mol. The summed E-state index contributed by atoms with van der Waals surface area (Å²) in [6.45, 7) is 5.19. The van der Waals surface area contributed by atoms with Crippen molar-refractivity contribution in [2.75, 3.05) is 13.1 Å². The molecule has 2 aromatic heterocycles. The van der Waals surface area contributed by atoms with E-state index in [9.17, 15) is 4.79 Å². The minimum Gasteiger partial charge on any atom is -0.351 e. The van der Waals surface area contributed by atoms with E-state index < -0.39 is 0 Å². The van der Waals surface area contributed by atoms with Crippen molar-refractivity contribution in [3.8, 4) is 0 Å². The Morgan fingerprint density at radius 2 is 2.13 bits per heavy atom. The number of amides is 1. The van der Waals surface area contributed by atoms with Crippen molar-refractivity contribution in [1.82, 2.24) is 20.2 Å². The van der Waals surface area contributed by atoms with Crippen LogP contribution < -0.4 is 5.32 Å². The highest BCUT2D eigenvalue weighted by atomic mass is 32.1. The molecule has 1 aliphatic heterocycles. The maximum absolute atomic E-state index is 11.1. The SMILES string of the molecule is CC(=O)NCc1nccnc1C1CCN(Cc2ccsc2)CC1. The van der Waals surface area contributed by atoms with Crippen LogP contribution in [0.1, 0.15) is 42.6 Å². The molecule has 0 radical (unpaired) electrons. The summed E-state index contributed by atoms with van der Waals surface area (Å²) in [7, 11) is 0. The fourth-order valence-corrected chi connectivity index (χ4v) is 3.73. The van der Waals surface area contributed by atoms with Gasteiger partial charge < -0.3 is 5.32 Å². The molecule has 0 aromatic carbocycles. The third-order valence-electron chi connectivity index (χ3n) is 4.27. The largest absolute Gasteiger partial charge is 0.351 e. The molecule has 2 aromatic rings. The van der Waals surface area contributed by atoms with Crippen LogP contribution in [0.25, 0.3) is 0 Å². The molecule has 122 valence electrons. The molecule has 1 amide bonds. The second-order valence-corrected chi connectivity index (χ2v) is 6.76. The number of carbonyl (C=O) groups is 1. The van der Waals surface area contributed by atoms with Gasteiger partial charge in [0.05, 0.1) is 17.9 Å². The molecule has 0 bridgehead atoms. The van der Waals surface area contributed by atoms with Crippen LogP contribution in [0.5, 0.6) is 0 Å². The van der Waals surface area contributed by atoms with Gasteiger partial charge in [-0.25, -0.2) is 0 Å². The lowest BCUT2D eigenvalue weighted by Gasteiger charge is -2.32. The number of hydrogen-bond acceptors (Lipinski definition) is 5. The molecule has 0 aliphatic carbocycles. The Bertz CT molecular complexity index is 636. The highest BCUT2D eigenvalue weighted by Crippen LogP contribution is 2.29. The van der Waals surface area contributed by atoms with Crippen molar-refractivity contribution in [3.05, 3.63) is 46.2 Å². The highest BCUT2D eigenvalue weighted by molar-refractivity contribution is 7.07. The molecule has 5 nitrogen and oxygen atoms in total. The zero-order valence-electron chi connectivity index (χ0n) is 13.4. The van der Waals surface area contributed by atoms with Gasteiger partial charge in [-0.15, -0.1) is 0 Å². The third-order valence-corrected chi connectivity index (χ3v) is 5.00. The number of hydrogen-bond donors (Lipinski definition) is 1. The van der Waals surface area contributed by atoms with Crippen molar-refractivity contribution in [2.45, 2.75) is 38.8 Å². The van der Waals surface area contributed by atoms with E-state index in [1.165, 1.54) is 12.5 Å². The zero-order chi connectivity index (χ0) is 16.1. The van der Waals surface area contributed by atoms with E-state index in [-0.39, 0.29) is 5.91 Å². The van der Waals surface area contributed by atoms with Crippen molar-refractivity contribution >= 4 is 17.2 Å². The molecule has 1 saturated heterocycles. The molecule has 3 rings (SSSR count). The van der Waals surface area contributed by atoms with E-state index in [0.29, 0.717) is 12.5 Å². The smallest absolute Gasteiger partial charge is 0.217 e. The fraction of sp³-hybridized carbons (Fsp3) is 0.471. The Hall–Kier alpha value is -1.79. The summed E-state index contributed by atoms with van der Waals surface area (Å²) in [5.74, 6) is 0.401. The Balaban J connectivity index is 1.60. The van der Waals surface area contributed by atoms with Crippen LogP contribution in [0.4, 0.5) is 0 Å². The van der Waals surface area contributed by atoms with E-state index in [1.807, 2.05) is 0 Å². The van der Waals surface area contributed by atoms with Gasteiger partial charge in [0.2, 0.25) is 5.91 Å². The minimum absolute atomic E-state index is 0.0350. The third kappa shape index (κ3) is 4.36. The second-order valence-electron chi connectivity index (χ2n) is 5.98. The number of aromatic nitrogens is 2. The Morgan fingerprint density at radius 3 is 2.83 bits per heavy atom. The summed E-state index contributed by atoms with van der Waals surface area (Å²) in [4.78, 5) is 22.6. The predicted octanol–water partition coefficient (Wildman–Crippen LogP) is 2.55. The van der Waals surface area contributed by atoms with Crippen LogP contribution in [0.2, 0.25) is 0 Å². The monoisotopic (exact) mass is 330 g/mol. The molecule has 1 fully saturated rings. The number of likely N-dealkylation sites (tertiary alicyclic amines) is 1. The lowest BCUT2D eigenvalue weighted by atomic mass is 9.91. The number of rotatable bonds is 5. The molecule has 23 heavy (non-hydrogen) atoms. The summed E-state index contributed by atoms with van der Waals surface area (Å²) in [5.41, 5.74) is 3.36. The predicted molar refractivity (Wildman–Crippen MR) is 91.1 cm³/mol. The van der Waals surface area contributed by atoms with E-state index >= 15 is 0 Å². The van der Waals surface area contributed by atoms with Crippen molar-refractivity contribution in [3.63, 3.8) is 0 Å². The molecule has 0 saturated carbocycles. The lowest BCUT2D eigenvalue weighted by molar-refractivity contribution is -0.119. The van der Waals surface area contributed by atoms with Gasteiger partial charge in [-0.05, 0) is 48.3 Å². The lowest BCUT2D eigenvalue weighted by Crippen LogP contribution is -2.33. The van der Waals surface area contributed by atoms with E-state index in [2.05, 4.69) is 37.0 Å². The summed E-state index contributed by atoms with van der Waals surface area (Å²) >= 11 is 1.76. The Morgan fingerprint density at radius 1 is 1.35 bits per heavy atom. The van der Waals surface area contributed by atoms with Crippen molar-refractivity contribution < 1.29 is 4.79 Å². The summed E-state index contributed by atoms with van der Waals surface area (Å²) in [6.07, 6.45) is 5.64. The topological polar surface area (TPSA) is 58.1 Å². The minimum atomic E-state index is -0.0350. The van der Waals surface area contributed by atoms with Gasteiger partial charge in [0.1, 0.15) is 0 Å². The van der Waals surface area contributed by atoms with E-state index in [1.54, 1.807) is 23.7 Å². The van der Waals surface area contributed by atoms with Crippen LogP contribution in [-0.4, -0.2) is 33.9 Å². The molecule has 1 aliphatic rings. The van der Waals surface area contributed by atoms with Crippen LogP contribution >= 0.6 is 11.3 Å². The van der Waals surface area contributed by atoms with Crippen LogP contribution in [0.15, 0.2) is 29.2 Å². The molecule has 0 unspecified atom stereocenters. The quantitative estimate of drug-likeness (QED) is 0.915. The van der Waals surface area contributed by atoms with Crippen LogP contribution in [0.3, 0.4) is 0 Å². The maximum Gasteiger partial charge on any atom is 0.217 e. The Kier molecular flexibility index (Phi) is 5.35. The summed E-state index contributed by atoms with van der Waals surface area (Å²) in [5, 5.41) is 7.19. The maximum atomic E-state index is 11.1. The number of nitrogens with zero attached hydrogens (tertiary/aromatic N) is 3. The zero-order valence-corrected chi connectivity index (χ0v) is 14.2. The number of thiophene rings is 1. The molecule has 0 spiro atoms. The van der Waals surface area contributed by atoms with E-state index in [4.69, 9.17) is 0 Å². The van der Waals surface area contributed by atoms with Crippen molar-refractivity contribution in [2.24, 2.45) is 0 Å². The van der Waals surface area contributed by atoms with Gasteiger partial charge in [0.25, 0.3) is 0 Å². The van der Waals surface area contributed by atoms with Gasteiger partial charge >= 0.3 is 0 Å². The first kappa shape index (κ1) is 16.1. The van der Waals surface area contributed by atoms with Gasteiger partial charge in [-0.3, -0.25) is 19.7 Å². The van der Waals surface area contributed by atoms with Crippen LogP contribution in [-0.2, 0) is 17.9 Å². The summed E-state index contributed by atoms with van der Waals surface area (Å²) < 4.78 is 0. The highest BCUT2D eigenvalue weighted by Gasteiger charge is 2.24. The fourth-order valence-electron chi connectivity index (χ4n) is 3.07.